The normalized spacial score (nSPS) is 11.0. The van der Waals surface area contributed by atoms with Crippen molar-refractivity contribution in [2.75, 3.05) is 11.1 Å². The van der Waals surface area contributed by atoms with Gasteiger partial charge in [-0.15, -0.1) is 0 Å². The Morgan fingerprint density at radius 1 is 1.14 bits per heavy atom. The zero-order valence-corrected chi connectivity index (χ0v) is 17.6. The number of nitrogens with one attached hydrogen (secondary N) is 1. The van der Waals surface area contributed by atoms with Gasteiger partial charge in [0.1, 0.15) is 5.03 Å². The number of fused-ring (bicyclic) bond motifs is 1. The maximum Gasteiger partial charge on any atom is 0.234 e. The Bertz CT molecular complexity index is 1190. The molecule has 0 atom stereocenters. The van der Waals surface area contributed by atoms with Crippen LogP contribution in [0, 0.1) is 13.8 Å². The zero-order valence-electron chi connectivity index (χ0n) is 16.0. The van der Waals surface area contributed by atoms with E-state index in [9.17, 15) is 4.79 Å². The second-order valence-corrected chi connectivity index (χ2v) is 8.13. The van der Waals surface area contributed by atoms with E-state index in [1.54, 1.807) is 16.8 Å². The molecule has 0 aliphatic heterocycles. The lowest BCUT2D eigenvalue weighted by molar-refractivity contribution is -0.113. The van der Waals surface area contributed by atoms with Crippen LogP contribution in [0.3, 0.4) is 0 Å². The highest BCUT2D eigenvalue weighted by molar-refractivity contribution is 8.00. The largest absolute Gasteiger partial charge is 0.325 e. The van der Waals surface area contributed by atoms with E-state index in [4.69, 9.17) is 11.6 Å². The summed E-state index contributed by atoms with van der Waals surface area (Å²) in [6.45, 7) is 3.98. The molecule has 2 aromatic carbocycles. The van der Waals surface area contributed by atoms with Crippen LogP contribution in [0.1, 0.15) is 11.1 Å². The molecule has 0 fully saturated rings. The van der Waals surface area contributed by atoms with Crippen molar-refractivity contribution in [3.63, 3.8) is 0 Å². The van der Waals surface area contributed by atoms with Crippen molar-refractivity contribution in [2.24, 2.45) is 0 Å². The highest BCUT2D eigenvalue weighted by Gasteiger charge is 2.12. The number of thioether (sulfide) groups is 1. The summed E-state index contributed by atoms with van der Waals surface area (Å²) in [6.07, 6.45) is 3.50. The summed E-state index contributed by atoms with van der Waals surface area (Å²) in [6, 6.07) is 15.7. The van der Waals surface area contributed by atoms with Crippen LogP contribution in [0.15, 0.2) is 66.0 Å². The van der Waals surface area contributed by atoms with E-state index in [1.807, 2.05) is 31.3 Å². The average molecular weight is 423 g/mol. The Morgan fingerprint density at radius 3 is 2.69 bits per heavy atom. The average Bonchev–Trinajstić information content (AvgIpc) is 3.14. The van der Waals surface area contributed by atoms with Crippen molar-refractivity contribution in [1.29, 1.82) is 0 Å². The molecule has 2 heterocycles. The van der Waals surface area contributed by atoms with Crippen molar-refractivity contribution in [1.82, 2.24) is 14.6 Å². The van der Waals surface area contributed by atoms with E-state index in [0.717, 1.165) is 27.4 Å². The number of hydrogen-bond acceptors (Lipinski definition) is 4. The van der Waals surface area contributed by atoms with Gasteiger partial charge in [-0.1, -0.05) is 59.3 Å². The summed E-state index contributed by atoms with van der Waals surface area (Å²) in [5.41, 5.74) is 5.65. The maximum atomic E-state index is 12.4. The topological polar surface area (TPSA) is 59.3 Å². The molecule has 29 heavy (non-hydrogen) atoms. The lowest BCUT2D eigenvalue weighted by atomic mass is 10.1. The monoisotopic (exact) mass is 422 g/mol. The van der Waals surface area contributed by atoms with Crippen molar-refractivity contribution in [3.8, 4) is 11.3 Å². The third-order valence-electron chi connectivity index (χ3n) is 4.50. The molecule has 7 heteroatoms. The van der Waals surface area contributed by atoms with Gasteiger partial charge in [0.15, 0.2) is 0 Å². The van der Waals surface area contributed by atoms with Crippen molar-refractivity contribution < 1.29 is 4.79 Å². The number of nitrogens with zero attached hydrogens (tertiary/aromatic N) is 3. The Kier molecular flexibility index (Phi) is 5.56. The third kappa shape index (κ3) is 4.44. The number of anilines is 1. The van der Waals surface area contributed by atoms with Gasteiger partial charge < -0.3 is 5.32 Å². The fraction of sp³-hybridized carbons (Fsp3) is 0.136. The van der Waals surface area contributed by atoms with Gasteiger partial charge in [0, 0.05) is 28.7 Å². The molecule has 4 aromatic rings. The summed E-state index contributed by atoms with van der Waals surface area (Å²) in [7, 11) is 0. The van der Waals surface area contributed by atoms with Gasteiger partial charge in [0.25, 0.3) is 0 Å². The van der Waals surface area contributed by atoms with Gasteiger partial charge in [-0.05, 0) is 37.6 Å². The SMILES string of the molecule is Cc1ccc(-c2cc3c(SCC(=O)Nc4ccc(C)c(Cl)c4)nccn3n2)cc1. The fourth-order valence-electron chi connectivity index (χ4n) is 2.88. The van der Waals surface area contributed by atoms with E-state index in [-0.39, 0.29) is 11.7 Å². The number of benzene rings is 2. The first-order valence-corrected chi connectivity index (χ1v) is 10.5. The molecule has 0 bridgehead atoms. The molecular weight excluding hydrogens is 404 g/mol. The van der Waals surface area contributed by atoms with E-state index >= 15 is 0 Å². The maximum absolute atomic E-state index is 12.4. The van der Waals surface area contributed by atoms with Gasteiger partial charge in [-0.25, -0.2) is 9.50 Å². The summed E-state index contributed by atoms with van der Waals surface area (Å²) in [5, 5.41) is 8.89. The number of halogens is 1. The second-order valence-electron chi connectivity index (χ2n) is 6.76. The number of aryl methyl sites for hydroxylation is 2. The molecular formula is C22H19ClN4OS. The molecule has 4 rings (SSSR count). The van der Waals surface area contributed by atoms with Crippen molar-refractivity contribution >= 4 is 40.5 Å². The first kappa shape index (κ1) is 19.5. The van der Waals surface area contributed by atoms with Crippen LogP contribution in [0.25, 0.3) is 16.8 Å². The molecule has 0 aliphatic carbocycles. The van der Waals surface area contributed by atoms with Gasteiger partial charge in [-0.3, -0.25) is 4.79 Å². The molecule has 1 amide bonds. The highest BCUT2D eigenvalue weighted by Crippen LogP contribution is 2.26. The highest BCUT2D eigenvalue weighted by atomic mass is 35.5. The first-order valence-electron chi connectivity index (χ1n) is 9.10. The number of amides is 1. The van der Waals surface area contributed by atoms with Gasteiger partial charge >= 0.3 is 0 Å². The van der Waals surface area contributed by atoms with Crippen LogP contribution in [0.2, 0.25) is 5.02 Å². The lowest BCUT2D eigenvalue weighted by Crippen LogP contribution is -2.14. The van der Waals surface area contributed by atoms with Gasteiger partial charge in [-0.2, -0.15) is 5.10 Å². The van der Waals surface area contributed by atoms with Crippen LogP contribution in [0.5, 0.6) is 0 Å². The Balaban J connectivity index is 1.49. The summed E-state index contributed by atoms with van der Waals surface area (Å²) >= 11 is 7.50. The first-order chi connectivity index (χ1) is 14.0. The minimum Gasteiger partial charge on any atom is -0.325 e. The van der Waals surface area contributed by atoms with Crippen LogP contribution >= 0.6 is 23.4 Å². The van der Waals surface area contributed by atoms with E-state index in [1.165, 1.54) is 17.3 Å². The summed E-state index contributed by atoms with van der Waals surface area (Å²) in [4.78, 5) is 16.8. The van der Waals surface area contributed by atoms with E-state index < -0.39 is 0 Å². The molecule has 146 valence electrons. The number of hydrogen-bond donors (Lipinski definition) is 1. The van der Waals surface area contributed by atoms with Crippen LogP contribution in [0.4, 0.5) is 5.69 Å². The number of carbonyl (C=O) groups excluding carboxylic acids is 1. The molecule has 0 unspecified atom stereocenters. The molecule has 0 saturated heterocycles. The summed E-state index contributed by atoms with van der Waals surface area (Å²) in [5.74, 6) is 0.125. The molecule has 5 nitrogen and oxygen atoms in total. The minimum absolute atomic E-state index is 0.114. The quantitative estimate of drug-likeness (QED) is 0.437. The van der Waals surface area contributed by atoms with Gasteiger partial charge in [0.2, 0.25) is 5.91 Å². The lowest BCUT2D eigenvalue weighted by Gasteiger charge is -2.07. The van der Waals surface area contributed by atoms with Crippen LogP contribution < -0.4 is 5.32 Å². The van der Waals surface area contributed by atoms with Crippen molar-refractivity contribution in [2.45, 2.75) is 18.9 Å². The number of carbonyl (C=O) groups is 1. The molecule has 0 saturated carbocycles. The smallest absolute Gasteiger partial charge is 0.234 e. The predicted molar refractivity (Wildman–Crippen MR) is 119 cm³/mol. The molecule has 1 N–H and O–H groups in total. The Hall–Kier alpha value is -2.83. The van der Waals surface area contributed by atoms with E-state index in [0.29, 0.717) is 10.7 Å². The number of aromatic nitrogens is 3. The standard InChI is InChI=1S/C22H19ClN4OS/c1-14-3-6-16(7-4-14)19-12-20-22(24-9-10-27(20)26-19)29-13-21(28)25-17-8-5-15(2)18(23)11-17/h3-12H,13H2,1-2H3,(H,25,28). The zero-order chi connectivity index (χ0) is 20.4. The second kappa shape index (κ2) is 8.27. The van der Waals surface area contributed by atoms with Crippen LogP contribution in [-0.4, -0.2) is 26.3 Å². The molecule has 0 aliphatic rings. The predicted octanol–water partition coefficient (Wildman–Crippen LogP) is 5.40. The minimum atomic E-state index is -0.114. The fourth-order valence-corrected chi connectivity index (χ4v) is 3.83. The van der Waals surface area contributed by atoms with E-state index in [2.05, 4.69) is 46.6 Å². The molecule has 0 radical (unpaired) electrons. The van der Waals surface area contributed by atoms with Gasteiger partial charge in [0.05, 0.1) is 17.0 Å². The Morgan fingerprint density at radius 2 is 1.93 bits per heavy atom. The number of rotatable bonds is 5. The molecule has 2 aromatic heterocycles. The Labute approximate surface area is 178 Å². The summed E-state index contributed by atoms with van der Waals surface area (Å²) < 4.78 is 1.79. The van der Waals surface area contributed by atoms with Crippen LogP contribution in [-0.2, 0) is 4.79 Å². The third-order valence-corrected chi connectivity index (χ3v) is 5.90. The molecule has 0 spiro atoms. The van der Waals surface area contributed by atoms with Crippen molar-refractivity contribution in [3.05, 3.63) is 77.1 Å².